The van der Waals surface area contributed by atoms with Crippen LogP contribution in [0.2, 0.25) is 0 Å². The minimum absolute atomic E-state index is 0.412. The number of rotatable bonds is 1. The topological polar surface area (TPSA) is 32.3 Å². The fraction of sp³-hybridized carbons (Fsp3) is 1.00. The minimum atomic E-state index is 0.412. The molecule has 2 N–H and O–H groups in total. The van der Waals surface area contributed by atoms with Gasteiger partial charge in [-0.15, -0.1) is 0 Å². The second kappa shape index (κ2) is 3.97. The Balaban J connectivity index is 1.95. The number of hydrogen-bond acceptors (Lipinski definition) is 2. The first-order chi connectivity index (χ1) is 6.35. The van der Waals surface area contributed by atoms with Crippen LogP contribution in [0.4, 0.5) is 0 Å². The molecule has 1 spiro atoms. The fourth-order valence-electron chi connectivity index (χ4n) is 3.15. The maximum absolute atomic E-state index is 9.19. The van der Waals surface area contributed by atoms with Gasteiger partial charge in [-0.3, -0.25) is 0 Å². The van der Waals surface area contributed by atoms with Gasteiger partial charge < -0.3 is 10.4 Å². The number of hydrogen-bond donors (Lipinski definition) is 2. The van der Waals surface area contributed by atoms with Crippen LogP contribution in [0, 0.1) is 11.3 Å². The molecule has 1 saturated carbocycles. The van der Waals surface area contributed by atoms with Crippen LogP contribution in [-0.2, 0) is 0 Å². The Kier molecular flexibility index (Phi) is 2.89. The second-order valence-electron chi connectivity index (χ2n) is 4.89. The van der Waals surface area contributed by atoms with E-state index >= 15 is 0 Å². The fourth-order valence-corrected chi connectivity index (χ4v) is 3.15. The van der Waals surface area contributed by atoms with Gasteiger partial charge in [0.25, 0.3) is 0 Å². The van der Waals surface area contributed by atoms with Crippen LogP contribution in [0.15, 0.2) is 0 Å². The van der Waals surface area contributed by atoms with Crippen molar-refractivity contribution in [3.05, 3.63) is 0 Å². The molecule has 0 radical (unpaired) electrons. The monoisotopic (exact) mass is 183 g/mol. The number of aliphatic hydroxyl groups is 1. The molecule has 0 aromatic carbocycles. The molecule has 1 heterocycles. The van der Waals surface area contributed by atoms with Crippen molar-refractivity contribution in [1.82, 2.24) is 5.32 Å². The molecule has 1 unspecified atom stereocenters. The van der Waals surface area contributed by atoms with Gasteiger partial charge in [0.15, 0.2) is 0 Å². The van der Waals surface area contributed by atoms with E-state index < -0.39 is 0 Å². The average Bonchev–Trinajstić information content (AvgIpc) is 2.19. The molecule has 13 heavy (non-hydrogen) atoms. The SMILES string of the molecule is OCC1CCCC2(CCNCC2)C1. The zero-order chi connectivity index (χ0) is 9.15. The van der Waals surface area contributed by atoms with E-state index in [4.69, 9.17) is 0 Å². The summed E-state index contributed by atoms with van der Waals surface area (Å²) in [6.45, 7) is 2.80. The normalized spacial score (nSPS) is 33.5. The Hall–Kier alpha value is -0.0800. The molecule has 0 amide bonds. The lowest BCUT2D eigenvalue weighted by Gasteiger charge is -2.43. The summed E-state index contributed by atoms with van der Waals surface area (Å²) < 4.78 is 0. The largest absolute Gasteiger partial charge is 0.396 e. The highest BCUT2D eigenvalue weighted by molar-refractivity contribution is 4.89. The number of piperidine rings is 1. The van der Waals surface area contributed by atoms with Crippen LogP contribution in [0.1, 0.15) is 38.5 Å². The molecule has 2 nitrogen and oxygen atoms in total. The van der Waals surface area contributed by atoms with E-state index in [1.54, 1.807) is 0 Å². The molecule has 2 aliphatic rings. The number of nitrogens with one attached hydrogen (secondary N) is 1. The lowest BCUT2D eigenvalue weighted by Crippen LogP contribution is -2.40. The van der Waals surface area contributed by atoms with Crippen molar-refractivity contribution < 1.29 is 5.11 Å². The van der Waals surface area contributed by atoms with Crippen molar-refractivity contribution in [3.63, 3.8) is 0 Å². The average molecular weight is 183 g/mol. The van der Waals surface area contributed by atoms with E-state index in [1.165, 1.54) is 51.6 Å². The van der Waals surface area contributed by atoms with Gasteiger partial charge in [-0.25, -0.2) is 0 Å². The molecular weight excluding hydrogens is 162 g/mol. The van der Waals surface area contributed by atoms with Crippen LogP contribution >= 0.6 is 0 Å². The Bertz CT molecular complexity index is 158. The van der Waals surface area contributed by atoms with Gasteiger partial charge in [-0.1, -0.05) is 6.42 Å². The molecular formula is C11H21NO. The van der Waals surface area contributed by atoms with Crippen molar-refractivity contribution in [2.75, 3.05) is 19.7 Å². The first-order valence-corrected chi connectivity index (χ1v) is 5.66. The molecule has 0 aromatic heterocycles. The van der Waals surface area contributed by atoms with E-state index in [0.717, 1.165) is 0 Å². The maximum Gasteiger partial charge on any atom is 0.0459 e. The lowest BCUT2D eigenvalue weighted by atomic mass is 9.65. The quantitative estimate of drug-likeness (QED) is 0.646. The molecule has 76 valence electrons. The summed E-state index contributed by atoms with van der Waals surface area (Å²) in [7, 11) is 0. The van der Waals surface area contributed by atoms with Crippen molar-refractivity contribution in [1.29, 1.82) is 0 Å². The smallest absolute Gasteiger partial charge is 0.0459 e. The van der Waals surface area contributed by atoms with Crippen molar-refractivity contribution >= 4 is 0 Å². The van der Waals surface area contributed by atoms with Gasteiger partial charge in [0.2, 0.25) is 0 Å². The Morgan fingerprint density at radius 2 is 2.00 bits per heavy atom. The van der Waals surface area contributed by atoms with Crippen LogP contribution in [-0.4, -0.2) is 24.8 Å². The van der Waals surface area contributed by atoms with Crippen LogP contribution in [0.25, 0.3) is 0 Å². The predicted molar refractivity (Wildman–Crippen MR) is 53.6 cm³/mol. The van der Waals surface area contributed by atoms with Crippen molar-refractivity contribution in [3.8, 4) is 0 Å². The highest BCUT2D eigenvalue weighted by atomic mass is 16.3. The van der Waals surface area contributed by atoms with E-state index in [0.29, 0.717) is 17.9 Å². The Labute approximate surface area is 80.7 Å². The van der Waals surface area contributed by atoms with E-state index in [9.17, 15) is 5.11 Å². The maximum atomic E-state index is 9.19. The third-order valence-electron chi connectivity index (χ3n) is 3.96. The first kappa shape index (κ1) is 9.47. The van der Waals surface area contributed by atoms with E-state index in [-0.39, 0.29) is 0 Å². The van der Waals surface area contributed by atoms with Crippen molar-refractivity contribution in [2.24, 2.45) is 11.3 Å². The van der Waals surface area contributed by atoms with Gasteiger partial charge in [0, 0.05) is 6.61 Å². The Morgan fingerprint density at radius 1 is 1.23 bits per heavy atom. The third kappa shape index (κ3) is 2.05. The highest BCUT2D eigenvalue weighted by Crippen LogP contribution is 2.45. The summed E-state index contributed by atoms with van der Waals surface area (Å²) >= 11 is 0. The first-order valence-electron chi connectivity index (χ1n) is 5.66. The Morgan fingerprint density at radius 3 is 2.69 bits per heavy atom. The van der Waals surface area contributed by atoms with E-state index in [2.05, 4.69) is 5.32 Å². The van der Waals surface area contributed by atoms with Gasteiger partial charge in [-0.2, -0.15) is 0 Å². The lowest BCUT2D eigenvalue weighted by molar-refractivity contribution is 0.0662. The third-order valence-corrected chi connectivity index (χ3v) is 3.96. The second-order valence-corrected chi connectivity index (χ2v) is 4.89. The molecule has 2 heteroatoms. The van der Waals surface area contributed by atoms with Gasteiger partial charge in [0.1, 0.15) is 0 Å². The van der Waals surface area contributed by atoms with Crippen LogP contribution in [0.5, 0.6) is 0 Å². The van der Waals surface area contributed by atoms with Gasteiger partial charge in [0.05, 0.1) is 0 Å². The summed E-state index contributed by atoms with van der Waals surface area (Å²) in [6, 6.07) is 0. The molecule has 2 fully saturated rings. The molecule has 1 saturated heterocycles. The summed E-state index contributed by atoms with van der Waals surface area (Å²) in [4.78, 5) is 0. The highest BCUT2D eigenvalue weighted by Gasteiger charge is 2.36. The van der Waals surface area contributed by atoms with Crippen LogP contribution < -0.4 is 5.32 Å². The summed E-state index contributed by atoms with van der Waals surface area (Å²) in [5.41, 5.74) is 0.608. The van der Waals surface area contributed by atoms with Gasteiger partial charge >= 0.3 is 0 Å². The zero-order valence-electron chi connectivity index (χ0n) is 8.39. The zero-order valence-corrected chi connectivity index (χ0v) is 8.39. The van der Waals surface area contributed by atoms with E-state index in [1.807, 2.05) is 0 Å². The molecule has 1 aliphatic carbocycles. The molecule has 1 atom stereocenters. The molecule has 2 rings (SSSR count). The summed E-state index contributed by atoms with van der Waals surface area (Å²) in [6.07, 6.45) is 7.96. The van der Waals surface area contributed by atoms with Gasteiger partial charge in [-0.05, 0) is 56.5 Å². The predicted octanol–water partition coefficient (Wildman–Crippen LogP) is 1.54. The van der Waals surface area contributed by atoms with Crippen LogP contribution in [0.3, 0.4) is 0 Å². The standard InChI is InChI=1S/C11H21NO/c13-9-10-2-1-3-11(8-10)4-6-12-7-5-11/h10,12-13H,1-9H2. The number of aliphatic hydroxyl groups excluding tert-OH is 1. The molecule has 0 bridgehead atoms. The minimum Gasteiger partial charge on any atom is -0.396 e. The molecule has 1 aliphatic heterocycles. The summed E-state index contributed by atoms with van der Waals surface area (Å²) in [5.74, 6) is 0.604. The molecule has 0 aromatic rings. The summed E-state index contributed by atoms with van der Waals surface area (Å²) in [5, 5.41) is 12.6. The van der Waals surface area contributed by atoms with Crippen molar-refractivity contribution in [2.45, 2.75) is 38.5 Å².